The maximum atomic E-state index is 11.8. The number of nitrogens with one attached hydrogen (secondary N) is 3. The topological polar surface area (TPSA) is 91.8 Å². The summed E-state index contributed by atoms with van der Waals surface area (Å²) in [4.78, 5) is 4.77. The molecule has 3 N–H and O–H groups in total. The van der Waals surface area contributed by atoms with Gasteiger partial charge in [-0.3, -0.25) is 0 Å². The molecular formula is C20H28ClIN4O3S. The monoisotopic (exact) mass is 566 g/mol. The van der Waals surface area contributed by atoms with E-state index in [1.807, 2.05) is 26.0 Å². The van der Waals surface area contributed by atoms with Crippen LogP contribution in [-0.2, 0) is 16.6 Å². The molecule has 0 heterocycles. The summed E-state index contributed by atoms with van der Waals surface area (Å²) in [6.07, 6.45) is -0.0777. The largest absolute Gasteiger partial charge is 0.489 e. The zero-order valence-electron chi connectivity index (χ0n) is 17.2. The molecule has 0 bridgehead atoms. The predicted octanol–water partition coefficient (Wildman–Crippen LogP) is 3.39. The van der Waals surface area contributed by atoms with E-state index in [4.69, 9.17) is 16.3 Å². The van der Waals surface area contributed by atoms with Gasteiger partial charge in [0.1, 0.15) is 11.9 Å². The fourth-order valence-corrected chi connectivity index (χ4v) is 3.29. The first-order valence-electron chi connectivity index (χ1n) is 9.31. The normalized spacial score (nSPS) is 12.6. The summed E-state index contributed by atoms with van der Waals surface area (Å²) in [5.41, 5.74) is 0.905. The summed E-state index contributed by atoms with van der Waals surface area (Å²) in [7, 11) is -2.04. The maximum Gasteiger partial charge on any atom is 0.240 e. The SMILES string of the molecule is CCNC(=NCc1ccc(S(=O)(=O)NC)cc1)NCC(C)Oc1ccc(Cl)cc1.I. The van der Waals surface area contributed by atoms with Crippen LogP contribution in [0.3, 0.4) is 0 Å². The van der Waals surface area contributed by atoms with Gasteiger partial charge in [0.2, 0.25) is 10.0 Å². The van der Waals surface area contributed by atoms with E-state index in [0.717, 1.165) is 17.9 Å². The Morgan fingerprint density at radius 3 is 2.30 bits per heavy atom. The third kappa shape index (κ3) is 8.66. The van der Waals surface area contributed by atoms with Gasteiger partial charge >= 0.3 is 0 Å². The standard InChI is InChI=1S/C20H27ClN4O3S.HI/c1-4-23-20(24-13-15(2)28-18-9-7-17(21)8-10-18)25-14-16-5-11-19(12-6-16)29(26,27)22-3;/h5-12,15,22H,4,13-14H2,1-3H3,(H2,23,24,25);1H. The predicted molar refractivity (Wildman–Crippen MR) is 132 cm³/mol. The van der Waals surface area contributed by atoms with Gasteiger partial charge in [0.15, 0.2) is 5.96 Å². The number of benzene rings is 2. The van der Waals surface area contributed by atoms with E-state index in [-0.39, 0.29) is 35.0 Å². The summed E-state index contributed by atoms with van der Waals surface area (Å²) in [5.74, 6) is 1.41. The van der Waals surface area contributed by atoms with Crippen LogP contribution in [0.15, 0.2) is 58.4 Å². The van der Waals surface area contributed by atoms with Crippen LogP contribution in [0, 0.1) is 0 Å². The number of hydrogen-bond acceptors (Lipinski definition) is 4. The molecule has 0 saturated heterocycles. The number of nitrogens with zero attached hydrogens (tertiary/aromatic N) is 1. The van der Waals surface area contributed by atoms with Gasteiger partial charge in [0, 0.05) is 11.6 Å². The lowest BCUT2D eigenvalue weighted by molar-refractivity contribution is 0.224. The Hall–Kier alpha value is -1.56. The van der Waals surface area contributed by atoms with Crippen LogP contribution in [-0.4, -0.2) is 40.6 Å². The molecule has 30 heavy (non-hydrogen) atoms. The molecule has 2 rings (SSSR count). The minimum Gasteiger partial charge on any atom is -0.489 e. The molecule has 1 atom stereocenters. The highest BCUT2D eigenvalue weighted by atomic mass is 127. The van der Waals surface area contributed by atoms with E-state index in [0.29, 0.717) is 24.1 Å². The van der Waals surface area contributed by atoms with E-state index in [1.165, 1.54) is 7.05 Å². The lowest BCUT2D eigenvalue weighted by Crippen LogP contribution is -2.41. The zero-order chi connectivity index (χ0) is 21.3. The summed E-state index contributed by atoms with van der Waals surface area (Å²) < 4.78 is 31.7. The van der Waals surface area contributed by atoms with Crippen molar-refractivity contribution in [1.82, 2.24) is 15.4 Å². The highest BCUT2D eigenvalue weighted by Gasteiger charge is 2.10. The van der Waals surface area contributed by atoms with Crippen LogP contribution in [0.25, 0.3) is 0 Å². The van der Waals surface area contributed by atoms with Crippen molar-refractivity contribution in [2.75, 3.05) is 20.1 Å². The number of guanidine groups is 1. The molecule has 2 aromatic carbocycles. The van der Waals surface area contributed by atoms with E-state index in [9.17, 15) is 8.42 Å². The number of hydrogen-bond donors (Lipinski definition) is 3. The number of sulfonamides is 1. The minimum atomic E-state index is -3.43. The molecule has 0 spiro atoms. The Morgan fingerprint density at radius 2 is 1.73 bits per heavy atom. The molecule has 0 fully saturated rings. The summed E-state index contributed by atoms with van der Waals surface area (Å²) in [6.45, 7) is 5.65. The van der Waals surface area contributed by atoms with E-state index >= 15 is 0 Å². The highest BCUT2D eigenvalue weighted by molar-refractivity contribution is 14.0. The second-order valence-electron chi connectivity index (χ2n) is 6.31. The van der Waals surface area contributed by atoms with Crippen molar-refractivity contribution in [2.45, 2.75) is 31.4 Å². The quantitative estimate of drug-likeness (QED) is 0.246. The average Bonchev–Trinajstić information content (AvgIpc) is 2.72. The molecule has 0 aromatic heterocycles. The zero-order valence-corrected chi connectivity index (χ0v) is 21.1. The van der Waals surface area contributed by atoms with Crippen LogP contribution < -0.4 is 20.1 Å². The van der Waals surface area contributed by atoms with Crippen molar-refractivity contribution in [3.05, 3.63) is 59.1 Å². The molecular weight excluding hydrogens is 539 g/mol. The van der Waals surface area contributed by atoms with Gasteiger partial charge in [-0.15, -0.1) is 24.0 Å². The van der Waals surface area contributed by atoms with Gasteiger partial charge in [-0.25, -0.2) is 18.1 Å². The van der Waals surface area contributed by atoms with Gasteiger partial charge in [-0.1, -0.05) is 23.7 Å². The minimum absolute atomic E-state index is 0. The fraction of sp³-hybridized carbons (Fsp3) is 0.350. The first-order chi connectivity index (χ1) is 13.8. The molecule has 0 aliphatic carbocycles. The lowest BCUT2D eigenvalue weighted by atomic mass is 10.2. The highest BCUT2D eigenvalue weighted by Crippen LogP contribution is 2.16. The Kier molecular flexibility index (Phi) is 11.5. The maximum absolute atomic E-state index is 11.8. The van der Waals surface area contributed by atoms with Crippen molar-refractivity contribution in [1.29, 1.82) is 0 Å². The van der Waals surface area contributed by atoms with E-state index in [2.05, 4.69) is 20.3 Å². The second kappa shape index (κ2) is 13.0. The Balaban J connectivity index is 0.00000450. The Morgan fingerprint density at radius 1 is 1.10 bits per heavy atom. The lowest BCUT2D eigenvalue weighted by Gasteiger charge is -2.17. The fourth-order valence-electron chi connectivity index (χ4n) is 2.43. The average molecular weight is 567 g/mol. The van der Waals surface area contributed by atoms with Crippen LogP contribution in [0.4, 0.5) is 0 Å². The van der Waals surface area contributed by atoms with E-state index < -0.39 is 10.0 Å². The number of rotatable bonds is 9. The Labute approximate surface area is 200 Å². The summed E-state index contributed by atoms with van der Waals surface area (Å²) in [6, 6.07) is 13.9. The molecule has 0 aliphatic rings. The first kappa shape index (κ1) is 26.5. The van der Waals surface area contributed by atoms with Crippen molar-refractivity contribution < 1.29 is 13.2 Å². The molecule has 0 amide bonds. The number of aliphatic imine (C=N–C) groups is 1. The molecule has 7 nitrogen and oxygen atoms in total. The number of halogens is 2. The van der Waals surface area contributed by atoms with Gasteiger partial charge in [-0.05, 0) is 62.9 Å². The molecule has 1 unspecified atom stereocenters. The van der Waals surface area contributed by atoms with Gasteiger partial charge < -0.3 is 15.4 Å². The van der Waals surface area contributed by atoms with Gasteiger partial charge in [-0.2, -0.15) is 0 Å². The summed E-state index contributed by atoms with van der Waals surface area (Å²) in [5, 5.41) is 7.10. The van der Waals surface area contributed by atoms with Crippen LogP contribution in [0.1, 0.15) is 19.4 Å². The van der Waals surface area contributed by atoms with Crippen molar-refractivity contribution in [3.63, 3.8) is 0 Å². The van der Waals surface area contributed by atoms with Crippen LogP contribution in [0.5, 0.6) is 5.75 Å². The third-order valence-corrected chi connectivity index (χ3v) is 5.66. The Bertz CT molecular complexity index is 907. The van der Waals surface area contributed by atoms with Gasteiger partial charge in [0.25, 0.3) is 0 Å². The molecule has 0 radical (unpaired) electrons. The van der Waals surface area contributed by atoms with Crippen LogP contribution >= 0.6 is 35.6 Å². The van der Waals surface area contributed by atoms with Crippen molar-refractivity contribution >= 4 is 51.6 Å². The van der Waals surface area contributed by atoms with Crippen molar-refractivity contribution in [3.8, 4) is 5.75 Å². The van der Waals surface area contributed by atoms with Crippen molar-refractivity contribution in [2.24, 2.45) is 4.99 Å². The second-order valence-corrected chi connectivity index (χ2v) is 8.63. The first-order valence-corrected chi connectivity index (χ1v) is 11.2. The van der Waals surface area contributed by atoms with Gasteiger partial charge in [0.05, 0.1) is 18.0 Å². The molecule has 0 saturated carbocycles. The summed E-state index contributed by atoms with van der Waals surface area (Å²) >= 11 is 5.88. The molecule has 10 heteroatoms. The number of ether oxygens (including phenoxy) is 1. The molecule has 0 aliphatic heterocycles. The van der Waals surface area contributed by atoms with Crippen LogP contribution in [0.2, 0.25) is 5.02 Å². The van der Waals surface area contributed by atoms with E-state index in [1.54, 1.807) is 36.4 Å². The smallest absolute Gasteiger partial charge is 0.240 e. The third-order valence-electron chi connectivity index (χ3n) is 3.97. The molecule has 2 aromatic rings. The molecule has 166 valence electrons.